The molecule has 0 atom stereocenters. The molecule has 158 valence electrons. The highest BCUT2D eigenvalue weighted by atomic mass is 79.9. The summed E-state index contributed by atoms with van der Waals surface area (Å²) in [6.07, 6.45) is 0. The fourth-order valence-electron chi connectivity index (χ4n) is 3.08. The van der Waals surface area contributed by atoms with Crippen molar-refractivity contribution >= 4 is 50.2 Å². The topological polar surface area (TPSA) is 64.4 Å². The van der Waals surface area contributed by atoms with Crippen LogP contribution in [0.5, 0.6) is 5.75 Å². The van der Waals surface area contributed by atoms with E-state index < -0.39 is 0 Å². The molecule has 4 aromatic rings. The quantitative estimate of drug-likeness (QED) is 0.309. The molecule has 31 heavy (non-hydrogen) atoms. The SMILES string of the molecule is CC(C)c1ccc(OCC(=O)Nc2ccc3oc(-c4cc(Br)ccc4Cl)nc3c2)cc1. The number of amides is 1. The summed E-state index contributed by atoms with van der Waals surface area (Å²) in [5.74, 6) is 1.26. The van der Waals surface area contributed by atoms with Crippen LogP contribution in [0.3, 0.4) is 0 Å². The Bertz CT molecular complexity index is 1240. The van der Waals surface area contributed by atoms with Gasteiger partial charge in [-0.1, -0.05) is 53.5 Å². The molecule has 1 aromatic heterocycles. The summed E-state index contributed by atoms with van der Waals surface area (Å²) in [5.41, 5.74) is 3.74. The normalized spacial score (nSPS) is 11.1. The number of carbonyl (C=O) groups is 1. The summed E-state index contributed by atoms with van der Waals surface area (Å²) in [6.45, 7) is 4.17. The highest BCUT2D eigenvalue weighted by Crippen LogP contribution is 2.33. The maximum atomic E-state index is 12.3. The number of nitrogens with one attached hydrogen (secondary N) is 1. The van der Waals surface area contributed by atoms with Gasteiger partial charge in [0.15, 0.2) is 12.2 Å². The number of ether oxygens (including phenoxy) is 1. The van der Waals surface area contributed by atoms with E-state index in [0.717, 1.165) is 4.47 Å². The first-order chi connectivity index (χ1) is 14.9. The molecular weight excluding hydrogens is 480 g/mol. The lowest BCUT2D eigenvalue weighted by atomic mass is 10.0. The van der Waals surface area contributed by atoms with Gasteiger partial charge < -0.3 is 14.5 Å². The Hall–Kier alpha value is -2.83. The predicted octanol–water partition coefficient (Wildman–Crippen LogP) is 7.05. The Morgan fingerprint density at radius 3 is 2.65 bits per heavy atom. The second-order valence-corrected chi connectivity index (χ2v) is 8.71. The number of oxazole rings is 1. The molecule has 5 nitrogen and oxygen atoms in total. The number of carbonyl (C=O) groups excluding carboxylic acids is 1. The molecule has 0 aliphatic carbocycles. The van der Waals surface area contributed by atoms with E-state index in [1.54, 1.807) is 24.3 Å². The lowest BCUT2D eigenvalue weighted by Crippen LogP contribution is -2.20. The van der Waals surface area contributed by atoms with Crippen LogP contribution in [0.1, 0.15) is 25.3 Å². The van der Waals surface area contributed by atoms with Gasteiger partial charge in [-0.25, -0.2) is 4.98 Å². The number of aromatic nitrogens is 1. The molecule has 3 aromatic carbocycles. The maximum Gasteiger partial charge on any atom is 0.262 e. The molecule has 1 N–H and O–H groups in total. The van der Waals surface area contributed by atoms with Crippen LogP contribution in [0.2, 0.25) is 5.02 Å². The van der Waals surface area contributed by atoms with Gasteiger partial charge in [0, 0.05) is 10.2 Å². The Balaban J connectivity index is 1.43. The number of hydrogen-bond acceptors (Lipinski definition) is 4. The van der Waals surface area contributed by atoms with Crippen LogP contribution in [0.4, 0.5) is 5.69 Å². The van der Waals surface area contributed by atoms with E-state index in [9.17, 15) is 4.79 Å². The Labute approximate surface area is 193 Å². The van der Waals surface area contributed by atoms with Crippen molar-refractivity contribution in [3.63, 3.8) is 0 Å². The third-order valence-electron chi connectivity index (χ3n) is 4.75. The van der Waals surface area contributed by atoms with E-state index >= 15 is 0 Å². The zero-order valence-corrected chi connectivity index (χ0v) is 19.3. The van der Waals surface area contributed by atoms with Gasteiger partial charge in [0.1, 0.15) is 11.3 Å². The van der Waals surface area contributed by atoms with Crippen molar-refractivity contribution in [1.82, 2.24) is 4.98 Å². The van der Waals surface area contributed by atoms with Crippen LogP contribution in [0.15, 0.2) is 69.6 Å². The molecule has 1 amide bonds. The van der Waals surface area contributed by atoms with Gasteiger partial charge in [0.2, 0.25) is 5.89 Å². The highest BCUT2D eigenvalue weighted by molar-refractivity contribution is 9.10. The van der Waals surface area contributed by atoms with Crippen molar-refractivity contribution < 1.29 is 13.9 Å². The van der Waals surface area contributed by atoms with Crippen molar-refractivity contribution in [1.29, 1.82) is 0 Å². The molecule has 0 aliphatic heterocycles. The van der Waals surface area contributed by atoms with Crippen molar-refractivity contribution in [2.45, 2.75) is 19.8 Å². The summed E-state index contributed by atoms with van der Waals surface area (Å²) in [6, 6.07) is 18.5. The third-order valence-corrected chi connectivity index (χ3v) is 5.57. The largest absolute Gasteiger partial charge is 0.484 e. The lowest BCUT2D eigenvalue weighted by molar-refractivity contribution is -0.118. The second kappa shape index (κ2) is 9.12. The summed E-state index contributed by atoms with van der Waals surface area (Å²) < 4.78 is 12.3. The van der Waals surface area contributed by atoms with Crippen LogP contribution < -0.4 is 10.1 Å². The smallest absolute Gasteiger partial charge is 0.262 e. The fraction of sp³-hybridized carbons (Fsp3) is 0.167. The number of fused-ring (bicyclic) bond motifs is 1. The van der Waals surface area contributed by atoms with Crippen molar-refractivity contribution in [3.05, 3.63) is 75.7 Å². The second-order valence-electron chi connectivity index (χ2n) is 7.39. The highest BCUT2D eigenvalue weighted by Gasteiger charge is 2.13. The zero-order chi connectivity index (χ0) is 22.0. The van der Waals surface area contributed by atoms with Crippen molar-refractivity contribution in [3.8, 4) is 17.2 Å². The zero-order valence-electron chi connectivity index (χ0n) is 17.0. The minimum absolute atomic E-state index is 0.0865. The van der Waals surface area contributed by atoms with Gasteiger partial charge in [-0.05, 0) is 60.0 Å². The standard InChI is InChI=1S/C24H20BrClN2O3/c1-14(2)15-3-7-18(8-4-15)30-13-23(29)27-17-6-10-22-21(12-17)28-24(31-22)19-11-16(25)5-9-20(19)26/h3-12,14H,13H2,1-2H3,(H,27,29). The summed E-state index contributed by atoms with van der Waals surface area (Å²) in [5, 5.41) is 3.37. The molecule has 0 saturated carbocycles. The number of nitrogens with zero attached hydrogens (tertiary/aromatic N) is 1. The van der Waals surface area contributed by atoms with E-state index in [1.165, 1.54) is 5.56 Å². The first kappa shape index (κ1) is 21.4. The number of rotatable bonds is 6. The summed E-state index contributed by atoms with van der Waals surface area (Å²) in [4.78, 5) is 16.8. The maximum absolute atomic E-state index is 12.3. The number of benzene rings is 3. The van der Waals surface area contributed by atoms with E-state index in [2.05, 4.69) is 40.1 Å². The molecule has 0 unspecified atom stereocenters. The average molecular weight is 500 g/mol. The van der Waals surface area contributed by atoms with E-state index in [0.29, 0.717) is 44.9 Å². The molecule has 0 saturated heterocycles. The van der Waals surface area contributed by atoms with Crippen molar-refractivity contribution in [2.24, 2.45) is 0 Å². The van der Waals surface area contributed by atoms with Crippen LogP contribution in [0, 0.1) is 0 Å². The first-order valence-corrected chi connectivity index (χ1v) is 10.9. The van der Waals surface area contributed by atoms with Gasteiger partial charge in [-0.15, -0.1) is 0 Å². The van der Waals surface area contributed by atoms with E-state index in [1.807, 2.05) is 36.4 Å². The first-order valence-electron chi connectivity index (χ1n) is 9.77. The van der Waals surface area contributed by atoms with Crippen LogP contribution in [-0.4, -0.2) is 17.5 Å². The van der Waals surface area contributed by atoms with Crippen LogP contribution >= 0.6 is 27.5 Å². The molecule has 0 aliphatic rings. The minimum Gasteiger partial charge on any atom is -0.484 e. The fourth-order valence-corrected chi connectivity index (χ4v) is 3.64. The molecular formula is C24H20BrClN2O3. The minimum atomic E-state index is -0.258. The van der Waals surface area contributed by atoms with Crippen LogP contribution in [0.25, 0.3) is 22.6 Å². The number of hydrogen-bond donors (Lipinski definition) is 1. The lowest BCUT2D eigenvalue weighted by Gasteiger charge is -2.09. The molecule has 4 rings (SSSR count). The summed E-state index contributed by atoms with van der Waals surface area (Å²) in [7, 11) is 0. The molecule has 0 fully saturated rings. The number of anilines is 1. The molecule has 1 heterocycles. The summed E-state index contributed by atoms with van der Waals surface area (Å²) >= 11 is 9.71. The van der Waals surface area contributed by atoms with Crippen LogP contribution in [-0.2, 0) is 4.79 Å². The Morgan fingerprint density at radius 1 is 1.13 bits per heavy atom. The van der Waals surface area contributed by atoms with Gasteiger partial charge >= 0.3 is 0 Å². The van der Waals surface area contributed by atoms with Gasteiger partial charge in [0.05, 0.1) is 10.6 Å². The van der Waals surface area contributed by atoms with E-state index in [4.69, 9.17) is 20.8 Å². The number of halogens is 2. The predicted molar refractivity (Wildman–Crippen MR) is 127 cm³/mol. The monoisotopic (exact) mass is 498 g/mol. The van der Waals surface area contributed by atoms with Gasteiger partial charge in [-0.2, -0.15) is 0 Å². The van der Waals surface area contributed by atoms with Crippen molar-refractivity contribution in [2.75, 3.05) is 11.9 Å². The van der Waals surface area contributed by atoms with Gasteiger partial charge in [0.25, 0.3) is 5.91 Å². The third kappa shape index (κ3) is 5.09. The van der Waals surface area contributed by atoms with E-state index in [-0.39, 0.29) is 12.5 Å². The Kier molecular flexibility index (Phi) is 6.30. The average Bonchev–Trinajstić information content (AvgIpc) is 3.17. The Morgan fingerprint density at radius 2 is 1.90 bits per heavy atom. The van der Waals surface area contributed by atoms with Gasteiger partial charge in [-0.3, -0.25) is 4.79 Å². The molecule has 0 radical (unpaired) electrons. The molecule has 0 spiro atoms. The molecule has 7 heteroatoms. The molecule has 0 bridgehead atoms.